The quantitative estimate of drug-likeness (QED) is 0.518. The maximum absolute atomic E-state index is 11.8. The van der Waals surface area contributed by atoms with Gasteiger partial charge < -0.3 is 15.0 Å². The number of amides is 1. The first kappa shape index (κ1) is 18.0. The van der Waals surface area contributed by atoms with Gasteiger partial charge in [-0.05, 0) is 37.8 Å². The number of rotatable bonds is 10. The zero-order valence-corrected chi connectivity index (χ0v) is 14.3. The number of ether oxygens (including phenoxy) is 1. The standard InChI is InChI=1S/C19H26N2O3/c1-2-24-19(23)11-5-3-4-10-18(22)20-13-12-15-14-21-17-9-7-6-8-16(15)17/h6-9,14,21H,2-5,10-13H2,1H3,(H,20,22). The summed E-state index contributed by atoms with van der Waals surface area (Å²) in [7, 11) is 0. The van der Waals surface area contributed by atoms with Crippen molar-refractivity contribution in [2.75, 3.05) is 13.2 Å². The minimum atomic E-state index is -0.152. The second kappa shape index (κ2) is 9.75. The van der Waals surface area contributed by atoms with Gasteiger partial charge in [-0.3, -0.25) is 9.59 Å². The van der Waals surface area contributed by atoms with E-state index in [1.165, 1.54) is 10.9 Å². The highest BCUT2D eigenvalue weighted by Gasteiger charge is 2.05. The van der Waals surface area contributed by atoms with Crippen LogP contribution < -0.4 is 5.32 Å². The van der Waals surface area contributed by atoms with Crippen LogP contribution in [0.1, 0.15) is 44.6 Å². The third-order valence-corrected chi connectivity index (χ3v) is 3.98. The number of aromatic nitrogens is 1. The molecule has 0 aliphatic heterocycles. The van der Waals surface area contributed by atoms with E-state index in [1.54, 1.807) is 6.92 Å². The lowest BCUT2D eigenvalue weighted by Gasteiger charge is -2.05. The van der Waals surface area contributed by atoms with Gasteiger partial charge in [0.15, 0.2) is 0 Å². The van der Waals surface area contributed by atoms with Gasteiger partial charge in [-0.25, -0.2) is 0 Å². The van der Waals surface area contributed by atoms with Gasteiger partial charge in [0.2, 0.25) is 5.91 Å². The summed E-state index contributed by atoms with van der Waals surface area (Å²) in [4.78, 5) is 26.2. The SMILES string of the molecule is CCOC(=O)CCCCCC(=O)NCCc1c[nH]c2ccccc12. The molecule has 130 valence electrons. The fourth-order valence-corrected chi connectivity index (χ4v) is 2.73. The van der Waals surface area contributed by atoms with Crippen molar-refractivity contribution in [1.29, 1.82) is 0 Å². The monoisotopic (exact) mass is 330 g/mol. The van der Waals surface area contributed by atoms with E-state index in [1.807, 2.05) is 24.4 Å². The van der Waals surface area contributed by atoms with Gasteiger partial charge in [0.05, 0.1) is 6.61 Å². The van der Waals surface area contributed by atoms with Gasteiger partial charge in [-0.15, -0.1) is 0 Å². The van der Waals surface area contributed by atoms with E-state index in [2.05, 4.69) is 16.4 Å². The van der Waals surface area contributed by atoms with Gasteiger partial charge in [-0.1, -0.05) is 24.6 Å². The molecule has 0 bridgehead atoms. The topological polar surface area (TPSA) is 71.2 Å². The first-order chi connectivity index (χ1) is 11.7. The van der Waals surface area contributed by atoms with E-state index in [9.17, 15) is 9.59 Å². The Hall–Kier alpha value is -2.30. The summed E-state index contributed by atoms with van der Waals surface area (Å²) in [6.45, 7) is 2.87. The van der Waals surface area contributed by atoms with Crippen LogP contribution >= 0.6 is 0 Å². The van der Waals surface area contributed by atoms with Gasteiger partial charge in [0, 0.05) is 36.5 Å². The molecule has 1 aromatic heterocycles. The van der Waals surface area contributed by atoms with E-state index >= 15 is 0 Å². The molecule has 0 aliphatic rings. The van der Waals surface area contributed by atoms with Crippen LogP contribution in [0.3, 0.4) is 0 Å². The zero-order chi connectivity index (χ0) is 17.2. The van der Waals surface area contributed by atoms with Crippen LogP contribution in [-0.4, -0.2) is 30.0 Å². The molecule has 2 N–H and O–H groups in total. The highest BCUT2D eigenvalue weighted by Crippen LogP contribution is 2.17. The number of unbranched alkanes of at least 4 members (excludes halogenated alkanes) is 2. The molecule has 0 aliphatic carbocycles. The fourth-order valence-electron chi connectivity index (χ4n) is 2.73. The van der Waals surface area contributed by atoms with Crippen molar-refractivity contribution in [1.82, 2.24) is 10.3 Å². The number of carbonyl (C=O) groups is 2. The summed E-state index contributed by atoms with van der Waals surface area (Å²) >= 11 is 0. The van der Waals surface area contributed by atoms with Crippen LogP contribution in [0, 0.1) is 0 Å². The number of benzene rings is 1. The molecule has 0 saturated carbocycles. The molecule has 2 rings (SSSR count). The number of carbonyl (C=O) groups excluding carboxylic acids is 2. The van der Waals surface area contributed by atoms with E-state index in [4.69, 9.17) is 4.74 Å². The number of aromatic amines is 1. The number of H-pyrrole nitrogens is 1. The molecule has 0 radical (unpaired) electrons. The van der Waals surface area contributed by atoms with Crippen LogP contribution in [0.2, 0.25) is 0 Å². The number of para-hydroxylation sites is 1. The average Bonchev–Trinajstić information content (AvgIpc) is 2.98. The van der Waals surface area contributed by atoms with Crippen LogP contribution in [-0.2, 0) is 20.7 Å². The molecule has 0 unspecified atom stereocenters. The van der Waals surface area contributed by atoms with Crippen molar-refractivity contribution in [2.24, 2.45) is 0 Å². The molecule has 5 heteroatoms. The fraction of sp³-hybridized carbons (Fsp3) is 0.474. The first-order valence-corrected chi connectivity index (χ1v) is 8.68. The summed E-state index contributed by atoms with van der Waals surface area (Å²) in [5.74, 6) is -0.0772. The predicted octanol–water partition coefficient (Wildman–Crippen LogP) is 3.34. The number of hydrogen-bond donors (Lipinski definition) is 2. The molecule has 1 heterocycles. The Morgan fingerprint density at radius 3 is 2.75 bits per heavy atom. The van der Waals surface area contributed by atoms with Crippen molar-refractivity contribution in [3.8, 4) is 0 Å². The number of hydrogen-bond acceptors (Lipinski definition) is 3. The van der Waals surface area contributed by atoms with Gasteiger partial charge in [0.25, 0.3) is 0 Å². The largest absolute Gasteiger partial charge is 0.466 e. The maximum atomic E-state index is 11.8. The molecular formula is C19H26N2O3. The normalized spacial score (nSPS) is 10.7. The second-order valence-corrected chi connectivity index (χ2v) is 5.83. The number of nitrogens with one attached hydrogen (secondary N) is 2. The van der Waals surface area contributed by atoms with Crippen LogP contribution in [0.5, 0.6) is 0 Å². The highest BCUT2D eigenvalue weighted by molar-refractivity contribution is 5.83. The molecule has 1 aromatic carbocycles. The van der Waals surface area contributed by atoms with Crippen LogP contribution in [0.4, 0.5) is 0 Å². The smallest absolute Gasteiger partial charge is 0.305 e. The summed E-state index contributed by atoms with van der Waals surface area (Å²) in [6, 6.07) is 8.17. The first-order valence-electron chi connectivity index (χ1n) is 8.68. The minimum Gasteiger partial charge on any atom is -0.466 e. The number of fused-ring (bicyclic) bond motifs is 1. The Labute approximate surface area is 142 Å². The predicted molar refractivity (Wildman–Crippen MR) is 94.7 cm³/mol. The van der Waals surface area contributed by atoms with Gasteiger partial charge >= 0.3 is 5.97 Å². The lowest BCUT2D eigenvalue weighted by atomic mass is 10.1. The molecule has 0 spiro atoms. The lowest BCUT2D eigenvalue weighted by molar-refractivity contribution is -0.143. The molecule has 0 saturated heterocycles. The van der Waals surface area contributed by atoms with Crippen molar-refractivity contribution in [3.05, 3.63) is 36.0 Å². The van der Waals surface area contributed by atoms with E-state index in [-0.39, 0.29) is 11.9 Å². The van der Waals surface area contributed by atoms with Crippen molar-refractivity contribution in [2.45, 2.75) is 45.4 Å². The number of esters is 1. The van der Waals surface area contributed by atoms with Crippen LogP contribution in [0.25, 0.3) is 10.9 Å². The van der Waals surface area contributed by atoms with Crippen LogP contribution in [0.15, 0.2) is 30.5 Å². The van der Waals surface area contributed by atoms with Gasteiger partial charge in [-0.2, -0.15) is 0 Å². The van der Waals surface area contributed by atoms with Crippen molar-refractivity contribution >= 4 is 22.8 Å². The third kappa shape index (κ3) is 5.72. The molecular weight excluding hydrogens is 304 g/mol. The Bertz CT molecular complexity index is 663. The van der Waals surface area contributed by atoms with Crippen molar-refractivity contribution in [3.63, 3.8) is 0 Å². The van der Waals surface area contributed by atoms with E-state index < -0.39 is 0 Å². The summed E-state index contributed by atoms with van der Waals surface area (Å²) in [5, 5.41) is 4.17. The Kier molecular flexibility index (Phi) is 7.33. The zero-order valence-electron chi connectivity index (χ0n) is 14.3. The van der Waals surface area contributed by atoms with E-state index in [0.29, 0.717) is 26.0 Å². The van der Waals surface area contributed by atoms with Crippen molar-refractivity contribution < 1.29 is 14.3 Å². The van der Waals surface area contributed by atoms with E-state index in [0.717, 1.165) is 31.2 Å². The molecule has 24 heavy (non-hydrogen) atoms. The minimum absolute atomic E-state index is 0.0750. The summed E-state index contributed by atoms with van der Waals surface area (Å²) < 4.78 is 4.87. The third-order valence-electron chi connectivity index (χ3n) is 3.98. The Balaban J connectivity index is 1.58. The Morgan fingerprint density at radius 1 is 1.12 bits per heavy atom. The van der Waals surface area contributed by atoms with Gasteiger partial charge in [0.1, 0.15) is 0 Å². The maximum Gasteiger partial charge on any atom is 0.305 e. The molecule has 1 amide bonds. The second-order valence-electron chi connectivity index (χ2n) is 5.83. The lowest BCUT2D eigenvalue weighted by Crippen LogP contribution is -2.25. The summed E-state index contributed by atoms with van der Waals surface area (Å²) in [5.41, 5.74) is 2.35. The Morgan fingerprint density at radius 2 is 1.92 bits per heavy atom. The molecule has 2 aromatic rings. The molecule has 0 fully saturated rings. The molecule has 0 atom stereocenters. The highest BCUT2D eigenvalue weighted by atomic mass is 16.5. The summed E-state index contributed by atoms with van der Waals surface area (Å²) in [6.07, 6.45) is 6.23. The average molecular weight is 330 g/mol. The molecule has 5 nitrogen and oxygen atoms in total.